The number of benzene rings is 3. The van der Waals surface area contributed by atoms with Crippen molar-refractivity contribution in [3.05, 3.63) is 83.4 Å². The second-order valence-corrected chi connectivity index (χ2v) is 6.53. The highest BCUT2D eigenvalue weighted by Crippen LogP contribution is 2.37. The van der Waals surface area contributed by atoms with Crippen LogP contribution in [0, 0.1) is 10.9 Å². The second kappa shape index (κ2) is 7.44. The molecule has 0 spiro atoms. The second-order valence-electron chi connectivity index (χ2n) is 6.53. The van der Waals surface area contributed by atoms with Gasteiger partial charge in [0, 0.05) is 11.3 Å². The van der Waals surface area contributed by atoms with E-state index in [0.717, 1.165) is 12.1 Å². The summed E-state index contributed by atoms with van der Waals surface area (Å²) in [6.45, 7) is -0.0768. The van der Waals surface area contributed by atoms with Gasteiger partial charge in [-0.1, -0.05) is 30.3 Å². The maximum atomic E-state index is 12.5. The van der Waals surface area contributed by atoms with Gasteiger partial charge in [-0.3, -0.25) is 10.2 Å². The summed E-state index contributed by atoms with van der Waals surface area (Å²) in [7, 11) is 0. The van der Waals surface area contributed by atoms with Gasteiger partial charge in [0.25, 0.3) is 5.91 Å². The molecule has 1 aliphatic rings. The van der Waals surface area contributed by atoms with Crippen molar-refractivity contribution in [3.8, 4) is 16.9 Å². The number of hydrogen-bond acceptors (Lipinski definition) is 4. The van der Waals surface area contributed by atoms with E-state index < -0.39 is 0 Å². The fraction of sp³-hybridized carbons (Fsp3) is 0.0909. The topological polar surface area (TPSA) is 98.4 Å². The number of anilines is 1. The minimum atomic E-state index is -0.198. The van der Waals surface area contributed by atoms with Crippen molar-refractivity contribution in [3.63, 3.8) is 0 Å². The minimum absolute atomic E-state index is 0.0768. The summed E-state index contributed by atoms with van der Waals surface area (Å²) in [5, 5.41) is 13.2. The van der Waals surface area contributed by atoms with E-state index in [1.165, 1.54) is 22.3 Å². The number of amides is 1. The molecule has 6 nitrogen and oxygen atoms in total. The molecule has 4 rings (SSSR count). The summed E-state index contributed by atoms with van der Waals surface area (Å²) in [6, 6.07) is 21.0. The fourth-order valence-corrected chi connectivity index (χ4v) is 3.31. The predicted octanol–water partition coefficient (Wildman–Crippen LogP) is 4.90. The lowest BCUT2D eigenvalue weighted by Crippen LogP contribution is -2.12. The van der Waals surface area contributed by atoms with Gasteiger partial charge >= 0.3 is 0 Å². The lowest BCUT2D eigenvalue weighted by Gasteiger charge is -2.09. The van der Waals surface area contributed by atoms with Crippen LogP contribution in [0.25, 0.3) is 11.1 Å². The molecule has 28 heavy (non-hydrogen) atoms. The van der Waals surface area contributed by atoms with Crippen LogP contribution in [-0.4, -0.2) is 18.3 Å². The van der Waals surface area contributed by atoms with Gasteiger partial charge < -0.3 is 10.1 Å². The number of carbonyl (C=O) groups is 1. The first-order valence-corrected chi connectivity index (χ1v) is 8.84. The number of hydrogen-bond donors (Lipinski definition) is 3. The van der Waals surface area contributed by atoms with Gasteiger partial charge in [-0.25, -0.2) is 5.53 Å². The number of ether oxygens (including phenoxy) is 1. The number of nitrogens with zero attached hydrogens (tertiary/aromatic N) is 1. The maximum Gasteiger partial charge on any atom is 0.255 e. The highest BCUT2D eigenvalue weighted by atomic mass is 16.5. The van der Waals surface area contributed by atoms with Crippen molar-refractivity contribution in [2.24, 2.45) is 5.11 Å². The van der Waals surface area contributed by atoms with Gasteiger partial charge in [0.05, 0.1) is 0 Å². The molecule has 0 radical (unpaired) electrons. The zero-order valence-corrected chi connectivity index (χ0v) is 15.0. The minimum Gasteiger partial charge on any atom is -0.486 e. The summed E-state index contributed by atoms with van der Waals surface area (Å²) in [6.07, 6.45) is 0.876. The van der Waals surface area contributed by atoms with E-state index in [0.29, 0.717) is 11.3 Å². The zero-order valence-electron chi connectivity index (χ0n) is 15.0. The highest BCUT2D eigenvalue weighted by molar-refractivity contribution is 6.04. The number of fused-ring (bicyclic) bond motifs is 3. The lowest BCUT2D eigenvalue weighted by atomic mass is 10.1. The molecule has 0 bridgehead atoms. The van der Waals surface area contributed by atoms with Crippen LogP contribution in [0.3, 0.4) is 0 Å². The number of amidine groups is 1. The first-order valence-electron chi connectivity index (χ1n) is 8.84. The van der Waals surface area contributed by atoms with Crippen molar-refractivity contribution >= 4 is 17.4 Å². The molecule has 1 aliphatic carbocycles. The van der Waals surface area contributed by atoms with Gasteiger partial charge in [-0.2, -0.15) is 0 Å². The third kappa shape index (κ3) is 3.53. The molecule has 0 saturated carbocycles. The summed E-state index contributed by atoms with van der Waals surface area (Å²) in [5.74, 6) is 0.150. The van der Waals surface area contributed by atoms with Crippen LogP contribution in [-0.2, 0) is 6.42 Å². The molecule has 0 aromatic heterocycles. The normalized spacial score (nSPS) is 11.3. The van der Waals surface area contributed by atoms with Crippen LogP contribution < -0.4 is 10.1 Å². The Morgan fingerprint density at radius 2 is 1.75 bits per heavy atom. The van der Waals surface area contributed by atoms with Crippen molar-refractivity contribution in [1.82, 2.24) is 0 Å². The molecular weight excluding hydrogens is 352 g/mol. The van der Waals surface area contributed by atoms with Crippen LogP contribution in [0.15, 0.2) is 71.8 Å². The standard InChI is InChI=1S/C22H18N4O2/c23-21(26-24)13-28-18-8-5-14(6-9-18)22(27)25-17-7-10-20-16(12-17)11-15-3-1-2-4-19(15)20/h1-10,12,23-24H,11,13H2,(H,25,27). The summed E-state index contributed by atoms with van der Waals surface area (Å²) < 4.78 is 5.32. The predicted molar refractivity (Wildman–Crippen MR) is 107 cm³/mol. The van der Waals surface area contributed by atoms with Crippen molar-refractivity contribution in [1.29, 1.82) is 10.9 Å². The molecule has 1 amide bonds. The highest BCUT2D eigenvalue weighted by Gasteiger charge is 2.18. The van der Waals surface area contributed by atoms with Crippen LogP contribution in [0.5, 0.6) is 5.75 Å². The molecule has 0 unspecified atom stereocenters. The van der Waals surface area contributed by atoms with E-state index in [9.17, 15) is 4.79 Å². The van der Waals surface area contributed by atoms with Gasteiger partial charge in [0.1, 0.15) is 12.4 Å². The Morgan fingerprint density at radius 1 is 1.00 bits per heavy atom. The SMILES string of the molecule is N=NC(=N)COc1ccc(C(=O)Nc2ccc3c(c2)Cc2ccccc2-3)cc1. The number of carbonyl (C=O) groups excluding carboxylic acids is 1. The first kappa shape index (κ1) is 17.6. The Hall–Kier alpha value is -3.80. The third-order valence-corrected chi connectivity index (χ3v) is 4.68. The molecule has 3 aromatic carbocycles. The molecular formula is C22H18N4O2. The Labute approximate surface area is 162 Å². The summed E-state index contributed by atoms with van der Waals surface area (Å²) >= 11 is 0. The maximum absolute atomic E-state index is 12.5. The fourth-order valence-electron chi connectivity index (χ4n) is 3.31. The van der Waals surface area contributed by atoms with Crippen molar-refractivity contribution < 1.29 is 9.53 Å². The third-order valence-electron chi connectivity index (χ3n) is 4.68. The van der Waals surface area contributed by atoms with E-state index in [4.69, 9.17) is 15.7 Å². The summed E-state index contributed by atoms with van der Waals surface area (Å²) in [4.78, 5) is 12.5. The molecule has 0 heterocycles. The van der Waals surface area contributed by atoms with E-state index >= 15 is 0 Å². The van der Waals surface area contributed by atoms with Gasteiger partial charge in [0.2, 0.25) is 0 Å². The molecule has 138 valence electrons. The van der Waals surface area contributed by atoms with E-state index in [1.807, 2.05) is 24.3 Å². The van der Waals surface area contributed by atoms with Crippen LogP contribution in [0.4, 0.5) is 5.69 Å². The number of rotatable bonds is 5. The smallest absolute Gasteiger partial charge is 0.255 e. The molecule has 3 N–H and O–H groups in total. The van der Waals surface area contributed by atoms with Crippen molar-refractivity contribution in [2.75, 3.05) is 11.9 Å². The Kier molecular flexibility index (Phi) is 4.68. The monoisotopic (exact) mass is 370 g/mol. The van der Waals surface area contributed by atoms with Crippen LogP contribution in [0.1, 0.15) is 21.5 Å². The zero-order chi connectivity index (χ0) is 19.5. The molecule has 3 aromatic rings. The van der Waals surface area contributed by atoms with Gasteiger partial charge in [-0.15, -0.1) is 5.11 Å². The van der Waals surface area contributed by atoms with E-state index in [-0.39, 0.29) is 18.3 Å². The van der Waals surface area contributed by atoms with Crippen LogP contribution >= 0.6 is 0 Å². The van der Waals surface area contributed by atoms with Crippen molar-refractivity contribution in [2.45, 2.75) is 6.42 Å². The Bertz CT molecular complexity index is 1070. The number of nitrogens with one attached hydrogen (secondary N) is 3. The Morgan fingerprint density at radius 3 is 2.54 bits per heavy atom. The summed E-state index contributed by atoms with van der Waals surface area (Å²) in [5.41, 5.74) is 13.0. The average molecular weight is 370 g/mol. The quantitative estimate of drug-likeness (QED) is 0.265. The molecule has 6 heteroatoms. The Balaban J connectivity index is 1.44. The van der Waals surface area contributed by atoms with E-state index in [2.05, 4.69) is 28.6 Å². The molecule has 0 atom stereocenters. The molecule has 0 aliphatic heterocycles. The van der Waals surface area contributed by atoms with E-state index in [1.54, 1.807) is 24.3 Å². The average Bonchev–Trinajstić information content (AvgIpc) is 3.10. The first-order chi connectivity index (χ1) is 13.6. The van der Waals surface area contributed by atoms with Crippen LogP contribution in [0.2, 0.25) is 0 Å². The lowest BCUT2D eigenvalue weighted by molar-refractivity contribution is 0.102. The van der Waals surface area contributed by atoms with Gasteiger partial charge in [-0.05, 0) is 65.1 Å². The van der Waals surface area contributed by atoms with Gasteiger partial charge in [0.15, 0.2) is 5.84 Å². The largest absolute Gasteiger partial charge is 0.486 e. The molecule has 0 saturated heterocycles. The molecule has 0 fully saturated rings.